The minimum atomic E-state index is -0.302. The largest absolute Gasteiger partial charge is 0.342 e. The van der Waals surface area contributed by atoms with E-state index in [0.717, 1.165) is 32.4 Å². The Bertz CT molecular complexity index is 324. The lowest BCUT2D eigenvalue weighted by Gasteiger charge is -2.28. The lowest BCUT2D eigenvalue weighted by molar-refractivity contribution is -0.136. The quantitative estimate of drug-likeness (QED) is 0.766. The standard InChI is InChI=1S/C16H29NO2/c1-6-13(11-14(18)16(3,4)5)12(2)15(19)17-9-7-8-10-17/h12-13H,6-11H2,1-5H3. The minimum Gasteiger partial charge on any atom is -0.342 e. The third-order valence-electron chi connectivity index (χ3n) is 4.32. The zero-order valence-corrected chi connectivity index (χ0v) is 13.2. The number of nitrogens with zero attached hydrogens (tertiary/aromatic N) is 1. The number of hydrogen-bond donors (Lipinski definition) is 0. The highest BCUT2D eigenvalue weighted by molar-refractivity contribution is 5.85. The van der Waals surface area contributed by atoms with Crippen molar-refractivity contribution in [3.05, 3.63) is 0 Å². The Morgan fingerprint density at radius 3 is 2.11 bits per heavy atom. The number of carbonyl (C=O) groups is 2. The molecule has 0 bridgehead atoms. The van der Waals surface area contributed by atoms with Crippen LogP contribution in [0.15, 0.2) is 0 Å². The number of hydrogen-bond acceptors (Lipinski definition) is 2. The highest BCUT2D eigenvalue weighted by Crippen LogP contribution is 2.28. The normalized spacial score (nSPS) is 19.3. The first-order valence-electron chi connectivity index (χ1n) is 7.59. The molecule has 0 N–H and O–H groups in total. The molecule has 2 atom stereocenters. The maximum atomic E-state index is 12.4. The van der Waals surface area contributed by atoms with Gasteiger partial charge in [0.15, 0.2) is 0 Å². The monoisotopic (exact) mass is 267 g/mol. The molecular formula is C16H29NO2. The SMILES string of the molecule is CCC(CC(=O)C(C)(C)C)C(C)C(=O)N1CCCC1. The van der Waals surface area contributed by atoms with Gasteiger partial charge in [0, 0.05) is 30.8 Å². The molecule has 1 fully saturated rings. The first kappa shape index (κ1) is 16.2. The molecule has 2 unspecified atom stereocenters. The van der Waals surface area contributed by atoms with E-state index in [4.69, 9.17) is 0 Å². The van der Waals surface area contributed by atoms with Crippen LogP contribution in [0.2, 0.25) is 0 Å². The minimum absolute atomic E-state index is 0.0330. The molecule has 19 heavy (non-hydrogen) atoms. The van der Waals surface area contributed by atoms with Gasteiger partial charge in [-0.1, -0.05) is 41.0 Å². The molecule has 0 aromatic carbocycles. The summed E-state index contributed by atoms with van der Waals surface area (Å²) in [6.07, 6.45) is 3.66. The van der Waals surface area contributed by atoms with Gasteiger partial charge in [0.2, 0.25) is 5.91 Å². The van der Waals surface area contributed by atoms with Crippen molar-refractivity contribution in [1.29, 1.82) is 0 Å². The summed E-state index contributed by atoms with van der Waals surface area (Å²) in [6.45, 7) is 11.7. The molecule has 0 radical (unpaired) electrons. The van der Waals surface area contributed by atoms with Gasteiger partial charge in [-0.2, -0.15) is 0 Å². The molecule has 1 heterocycles. The molecule has 3 heteroatoms. The van der Waals surface area contributed by atoms with Crippen LogP contribution in [-0.2, 0) is 9.59 Å². The summed E-state index contributed by atoms with van der Waals surface area (Å²) in [4.78, 5) is 26.5. The average molecular weight is 267 g/mol. The molecule has 1 saturated heterocycles. The van der Waals surface area contributed by atoms with Crippen LogP contribution in [0.5, 0.6) is 0 Å². The molecule has 1 rings (SSSR count). The Kier molecular flexibility index (Phi) is 5.57. The molecule has 0 aromatic rings. The van der Waals surface area contributed by atoms with Gasteiger partial charge in [-0.15, -0.1) is 0 Å². The summed E-state index contributed by atoms with van der Waals surface area (Å²) in [7, 11) is 0. The van der Waals surface area contributed by atoms with Gasteiger partial charge in [0.05, 0.1) is 0 Å². The lowest BCUT2D eigenvalue weighted by Crippen LogP contribution is -2.37. The van der Waals surface area contributed by atoms with Crippen molar-refractivity contribution in [2.24, 2.45) is 17.3 Å². The third kappa shape index (κ3) is 4.32. The van der Waals surface area contributed by atoms with E-state index in [1.807, 2.05) is 32.6 Å². The average Bonchev–Trinajstić information content (AvgIpc) is 2.86. The zero-order valence-electron chi connectivity index (χ0n) is 13.2. The predicted molar refractivity (Wildman–Crippen MR) is 77.8 cm³/mol. The van der Waals surface area contributed by atoms with Crippen LogP contribution < -0.4 is 0 Å². The smallest absolute Gasteiger partial charge is 0.225 e. The number of carbonyl (C=O) groups excluding carboxylic acids is 2. The number of amides is 1. The molecule has 110 valence electrons. The molecular weight excluding hydrogens is 238 g/mol. The maximum Gasteiger partial charge on any atom is 0.225 e. The highest BCUT2D eigenvalue weighted by atomic mass is 16.2. The summed E-state index contributed by atoms with van der Waals surface area (Å²) in [6, 6.07) is 0. The molecule has 0 saturated carbocycles. The maximum absolute atomic E-state index is 12.4. The summed E-state index contributed by atoms with van der Waals surface area (Å²) in [5.74, 6) is 0.653. The van der Waals surface area contributed by atoms with Crippen molar-refractivity contribution >= 4 is 11.7 Å². The van der Waals surface area contributed by atoms with Crippen LogP contribution in [0.3, 0.4) is 0 Å². The molecule has 0 aliphatic carbocycles. The number of ketones is 1. The van der Waals surface area contributed by atoms with E-state index in [-0.39, 0.29) is 28.9 Å². The van der Waals surface area contributed by atoms with Gasteiger partial charge >= 0.3 is 0 Å². The Balaban J connectivity index is 2.63. The van der Waals surface area contributed by atoms with Crippen molar-refractivity contribution in [3.8, 4) is 0 Å². The van der Waals surface area contributed by atoms with E-state index in [9.17, 15) is 9.59 Å². The summed E-state index contributed by atoms with van der Waals surface area (Å²) >= 11 is 0. The first-order chi connectivity index (χ1) is 8.77. The third-order valence-corrected chi connectivity index (χ3v) is 4.32. The Labute approximate surface area is 117 Å². The second-order valence-electron chi connectivity index (χ2n) is 6.87. The molecule has 0 spiro atoms. The molecule has 1 aliphatic heterocycles. The predicted octanol–water partition coefficient (Wildman–Crippen LogP) is 3.28. The molecule has 0 aromatic heterocycles. The van der Waals surface area contributed by atoms with E-state index >= 15 is 0 Å². The van der Waals surface area contributed by atoms with Crippen LogP contribution in [0.25, 0.3) is 0 Å². The molecule has 1 aliphatic rings. The fraction of sp³-hybridized carbons (Fsp3) is 0.875. The van der Waals surface area contributed by atoms with Gasteiger partial charge in [-0.25, -0.2) is 0 Å². The van der Waals surface area contributed by atoms with E-state index in [1.165, 1.54) is 0 Å². The second kappa shape index (κ2) is 6.53. The first-order valence-corrected chi connectivity index (χ1v) is 7.59. The van der Waals surface area contributed by atoms with E-state index in [2.05, 4.69) is 6.92 Å². The second-order valence-corrected chi connectivity index (χ2v) is 6.87. The van der Waals surface area contributed by atoms with Gasteiger partial charge in [0.1, 0.15) is 5.78 Å². The van der Waals surface area contributed by atoms with Gasteiger partial charge < -0.3 is 4.90 Å². The van der Waals surface area contributed by atoms with Crippen LogP contribution in [0, 0.1) is 17.3 Å². The van der Waals surface area contributed by atoms with Crippen molar-refractivity contribution < 1.29 is 9.59 Å². The van der Waals surface area contributed by atoms with Crippen molar-refractivity contribution in [3.63, 3.8) is 0 Å². The summed E-state index contributed by atoms with van der Waals surface area (Å²) in [5.41, 5.74) is -0.302. The van der Waals surface area contributed by atoms with Gasteiger partial charge in [-0.05, 0) is 18.8 Å². The molecule has 3 nitrogen and oxygen atoms in total. The summed E-state index contributed by atoms with van der Waals surface area (Å²) in [5, 5.41) is 0. The summed E-state index contributed by atoms with van der Waals surface area (Å²) < 4.78 is 0. The van der Waals surface area contributed by atoms with Gasteiger partial charge in [-0.3, -0.25) is 9.59 Å². The Hall–Kier alpha value is -0.860. The number of Topliss-reactive ketones (excluding diaryl/α,β-unsaturated/α-hetero) is 1. The molecule has 1 amide bonds. The van der Waals surface area contributed by atoms with Crippen molar-refractivity contribution in [2.45, 2.75) is 60.3 Å². The Morgan fingerprint density at radius 2 is 1.68 bits per heavy atom. The Morgan fingerprint density at radius 1 is 1.16 bits per heavy atom. The fourth-order valence-electron chi connectivity index (χ4n) is 2.65. The van der Waals surface area contributed by atoms with E-state index < -0.39 is 0 Å². The van der Waals surface area contributed by atoms with Crippen LogP contribution >= 0.6 is 0 Å². The number of likely N-dealkylation sites (tertiary alicyclic amines) is 1. The highest BCUT2D eigenvalue weighted by Gasteiger charge is 2.32. The lowest BCUT2D eigenvalue weighted by atomic mass is 9.79. The van der Waals surface area contributed by atoms with E-state index in [1.54, 1.807) is 0 Å². The van der Waals surface area contributed by atoms with E-state index in [0.29, 0.717) is 6.42 Å². The zero-order chi connectivity index (χ0) is 14.6. The van der Waals surface area contributed by atoms with Crippen LogP contribution in [0.4, 0.5) is 0 Å². The van der Waals surface area contributed by atoms with Crippen molar-refractivity contribution in [2.75, 3.05) is 13.1 Å². The van der Waals surface area contributed by atoms with Gasteiger partial charge in [0.25, 0.3) is 0 Å². The topological polar surface area (TPSA) is 37.4 Å². The van der Waals surface area contributed by atoms with Crippen LogP contribution in [0.1, 0.15) is 60.3 Å². The fourth-order valence-corrected chi connectivity index (χ4v) is 2.65. The van der Waals surface area contributed by atoms with Crippen molar-refractivity contribution in [1.82, 2.24) is 4.90 Å². The van der Waals surface area contributed by atoms with Crippen LogP contribution in [-0.4, -0.2) is 29.7 Å². The number of rotatable bonds is 5.